The highest BCUT2D eigenvalue weighted by Gasteiger charge is 2.14. The zero-order chi connectivity index (χ0) is 16.8. The number of benzene rings is 2. The van der Waals surface area contributed by atoms with Gasteiger partial charge in [-0.3, -0.25) is 9.59 Å². The maximum atomic E-state index is 12.2. The largest absolute Gasteiger partial charge is 0.398 e. The minimum Gasteiger partial charge on any atom is -0.398 e. The second kappa shape index (κ2) is 7.22. The Hall–Kier alpha value is -3.15. The third-order valence-electron chi connectivity index (χ3n) is 3.42. The number of hydrogen-bond acceptors (Lipinski definition) is 4. The quantitative estimate of drug-likeness (QED) is 0.473. The second-order valence-electron chi connectivity index (χ2n) is 4.97. The molecule has 0 radical (unpaired) electrons. The standard InChI is InChI=1S/C17H18N4O2/c18-10-14(17(23)21-9-8-15(19)22)16(20)13-7-3-5-11-4-1-2-6-12(11)13/h1-7,10,18H,8-9,20H2,(H2,19,22)(H,21,23)/b16-14+,18-10?. The fraction of sp³-hybridized carbons (Fsp3) is 0.118. The number of rotatable bonds is 6. The summed E-state index contributed by atoms with van der Waals surface area (Å²) in [5.74, 6) is -1.01. The predicted octanol–water partition coefficient (Wildman–Crippen LogP) is 1.15. The Morgan fingerprint density at radius 3 is 2.48 bits per heavy atom. The van der Waals surface area contributed by atoms with Gasteiger partial charge in [0.2, 0.25) is 5.91 Å². The van der Waals surface area contributed by atoms with Gasteiger partial charge in [-0.15, -0.1) is 0 Å². The van der Waals surface area contributed by atoms with Crippen LogP contribution in [-0.4, -0.2) is 24.6 Å². The molecule has 0 aliphatic rings. The van der Waals surface area contributed by atoms with E-state index in [9.17, 15) is 9.59 Å². The summed E-state index contributed by atoms with van der Waals surface area (Å²) in [5, 5.41) is 11.9. The van der Waals surface area contributed by atoms with E-state index >= 15 is 0 Å². The van der Waals surface area contributed by atoms with Crippen LogP contribution in [0.25, 0.3) is 16.5 Å². The molecule has 118 valence electrons. The molecule has 0 saturated heterocycles. The molecule has 6 heteroatoms. The molecule has 0 fully saturated rings. The molecule has 2 rings (SSSR count). The lowest BCUT2D eigenvalue weighted by atomic mass is 9.99. The fourth-order valence-electron chi connectivity index (χ4n) is 2.27. The maximum Gasteiger partial charge on any atom is 0.254 e. The van der Waals surface area contributed by atoms with Gasteiger partial charge in [0.15, 0.2) is 0 Å². The molecule has 0 atom stereocenters. The van der Waals surface area contributed by atoms with Crippen molar-refractivity contribution in [1.82, 2.24) is 5.32 Å². The van der Waals surface area contributed by atoms with E-state index in [4.69, 9.17) is 16.9 Å². The average molecular weight is 310 g/mol. The van der Waals surface area contributed by atoms with Gasteiger partial charge in [0.25, 0.3) is 5.91 Å². The van der Waals surface area contributed by atoms with Crippen LogP contribution in [0.2, 0.25) is 0 Å². The van der Waals surface area contributed by atoms with E-state index in [1.165, 1.54) is 0 Å². The van der Waals surface area contributed by atoms with E-state index in [1.54, 1.807) is 6.07 Å². The highest BCUT2D eigenvalue weighted by Crippen LogP contribution is 2.24. The molecule has 0 unspecified atom stereocenters. The van der Waals surface area contributed by atoms with Crippen LogP contribution in [-0.2, 0) is 9.59 Å². The molecule has 0 spiro atoms. The van der Waals surface area contributed by atoms with Gasteiger partial charge >= 0.3 is 0 Å². The Bertz CT molecular complexity index is 791. The first kappa shape index (κ1) is 16.2. The zero-order valence-corrected chi connectivity index (χ0v) is 12.5. The van der Waals surface area contributed by atoms with Gasteiger partial charge in [-0.1, -0.05) is 42.5 Å². The maximum absolute atomic E-state index is 12.2. The van der Waals surface area contributed by atoms with Crippen LogP contribution in [0.5, 0.6) is 0 Å². The van der Waals surface area contributed by atoms with Gasteiger partial charge in [-0.2, -0.15) is 0 Å². The van der Waals surface area contributed by atoms with Crippen LogP contribution < -0.4 is 16.8 Å². The molecular formula is C17H18N4O2. The molecule has 2 amide bonds. The van der Waals surface area contributed by atoms with Gasteiger partial charge in [0.05, 0.1) is 11.3 Å². The number of carbonyl (C=O) groups is 2. The van der Waals surface area contributed by atoms with E-state index in [2.05, 4.69) is 5.32 Å². The van der Waals surface area contributed by atoms with Crippen LogP contribution in [0, 0.1) is 5.41 Å². The van der Waals surface area contributed by atoms with Crippen molar-refractivity contribution in [1.29, 1.82) is 5.41 Å². The van der Waals surface area contributed by atoms with Crippen LogP contribution in [0.3, 0.4) is 0 Å². The highest BCUT2D eigenvalue weighted by atomic mass is 16.2. The van der Waals surface area contributed by atoms with Crippen molar-refractivity contribution in [2.45, 2.75) is 6.42 Å². The van der Waals surface area contributed by atoms with Crippen molar-refractivity contribution >= 4 is 34.5 Å². The van der Waals surface area contributed by atoms with Crippen molar-refractivity contribution in [2.75, 3.05) is 6.54 Å². The second-order valence-corrected chi connectivity index (χ2v) is 4.97. The van der Waals surface area contributed by atoms with E-state index in [0.29, 0.717) is 5.56 Å². The average Bonchev–Trinajstić information content (AvgIpc) is 2.54. The van der Waals surface area contributed by atoms with Gasteiger partial charge in [-0.25, -0.2) is 0 Å². The number of primary amides is 1. The Labute approximate surface area is 133 Å². The van der Waals surface area contributed by atoms with Crippen molar-refractivity contribution in [3.63, 3.8) is 0 Å². The first-order valence-corrected chi connectivity index (χ1v) is 7.09. The van der Waals surface area contributed by atoms with Crippen molar-refractivity contribution in [3.8, 4) is 0 Å². The highest BCUT2D eigenvalue weighted by molar-refractivity contribution is 6.18. The number of carbonyl (C=O) groups excluding carboxylic acids is 2. The topological polar surface area (TPSA) is 122 Å². The molecule has 0 aromatic heterocycles. The molecule has 6 N–H and O–H groups in total. The minimum atomic E-state index is -0.508. The molecule has 0 bridgehead atoms. The number of fused-ring (bicyclic) bond motifs is 1. The van der Waals surface area contributed by atoms with Crippen LogP contribution in [0.15, 0.2) is 48.0 Å². The van der Waals surface area contributed by atoms with Gasteiger partial charge in [0, 0.05) is 24.7 Å². The van der Waals surface area contributed by atoms with Crippen molar-refractivity contribution in [3.05, 3.63) is 53.6 Å². The molecule has 0 heterocycles. The number of amides is 2. The Morgan fingerprint density at radius 1 is 1.09 bits per heavy atom. The Balaban J connectivity index is 2.37. The van der Waals surface area contributed by atoms with Gasteiger partial charge in [-0.05, 0) is 10.8 Å². The third-order valence-corrected chi connectivity index (χ3v) is 3.42. The van der Waals surface area contributed by atoms with Crippen molar-refractivity contribution in [2.24, 2.45) is 11.5 Å². The summed E-state index contributed by atoms with van der Waals surface area (Å²) in [4.78, 5) is 22.9. The molecule has 0 saturated carbocycles. The summed E-state index contributed by atoms with van der Waals surface area (Å²) < 4.78 is 0. The SMILES string of the molecule is N=C/C(C(=O)NCCC(N)=O)=C(\N)c1cccc2ccccc12. The van der Waals surface area contributed by atoms with E-state index in [0.717, 1.165) is 17.0 Å². The van der Waals surface area contributed by atoms with Crippen molar-refractivity contribution < 1.29 is 9.59 Å². The molecule has 2 aromatic rings. The number of nitrogens with two attached hydrogens (primary N) is 2. The Kier molecular flexibility index (Phi) is 5.09. The molecule has 0 aliphatic heterocycles. The summed E-state index contributed by atoms with van der Waals surface area (Å²) in [6, 6.07) is 13.3. The first-order chi connectivity index (χ1) is 11.0. The zero-order valence-electron chi connectivity index (χ0n) is 12.5. The monoisotopic (exact) mass is 310 g/mol. The number of hydrogen-bond donors (Lipinski definition) is 4. The van der Waals surface area contributed by atoms with Crippen LogP contribution in [0.1, 0.15) is 12.0 Å². The summed E-state index contributed by atoms with van der Waals surface area (Å²) in [5.41, 5.74) is 12.1. The molecular weight excluding hydrogens is 292 g/mol. The molecule has 23 heavy (non-hydrogen) atoms. The summed E-state index contributed by atoms with van der Waals surface area (Å²) >= 11 is 0. The number of nitrogens with one attached hydrogen (secondary N) is 2. The van der Waals surface area contributed by atoms with Gasteiger partial charge < -0.3 is 22.2 Å². The molecule has 6 nitrogen and oxygen atoms in total. The van der Waals surface area contributed by atoms with E-state index in [1.807, 2.05) is 36.4 Å². The molecule has 2 aromatic carbocycles. The fourth-order valence-corrected chi connectivity index (χ4v) is 2.27. The lowest BCUT2D eigenvalue weighted by Crippen LogP contribution is -2.30. The lowest BCUT2D eigenvalue weighted by Gasteiger charge is -2.11. The van der Waals surface area contributed by atoms with E-state index < -0.39 is 11.8 Å². The predicted molar refractivity (Wildman–Crippen MR) is 90.7 cm³/mol. The lowest BCUT2D eigenvalue weighted by molar-refractivity contribution is -0.118. The summed E-state index contributed by atoms with van der Waals surface area (Å²) in [7, 11) is 0. The van der Waals surface area contributed by atoms with Crippen LogP contribution in [0.4, 0.5) is 0 Å². The summed E-state index contributed by atoms with van der Waals surface area (Å²) in [6.07, 6.45) is 0.946. The first-order valence-electron chi connectivity index (χ1n) is 7.09. The smallest absolute Gasteiger partial charge is 0.254 e. The molecule has 0 aliphatic carbocycles. The van der Waals surface area contributed by atoms with Gasteiger partial charge in [0.1, 0.15) is 0 Å². The normalized spacial score (nSPS) is 11.7. The van der Waals surface area contributed by atoms with E-state index in [-0.39, 0.29) is 24.2 Å². The van der Waals surface area contributed by atoms with Crippen LogP contribution >= 0.6 is 0 Å². The summed E-state index contributed by atoms with van der Waals surface area (Å²) in [6.45, 7) is 0.105. The minimum absolute atomic E-state index is 0.0329. The Morgan fingerprint density at radius 2 is 1.78 bits per heavy atom. The third kappa shape index (κ3) is 3.74.